The molecule has 3 amide bonds. The highest BCUT2D eigenvalue weighted by atomic mass is 16.8. The molecule has 3 saturated heterocycles. The van der Waals surface area contributed by atoms with Crippen molar-refractivity contribution in [3.8, 4) is 0 Å². The third-order valence-electron chi connectivity index (χ3n) is 13.1. The van der Waals surface area contributed by atoms with Crippen LogP contribution >= 0.6 is 0 Å². The minimum atomic E-state index is -1.68. The van der Waals surface area contributed by atoms with Crippen molar-refractivity contribution in [3.05, 3.63) is 149 Å². The Hall–Kier alpha value is -6.23. The van der Waals surface area contributed by atoms with Gasteiger partial charge in [0.25, 0.3) is 0 Å². The number of benzene rings is 4. The lowest BCUT2D eigenvalue weighted by Crippen LogP contribution is -2.70. The minimum Gasteiger partial charge on any atom is -0.460 e. The van der Waals surface area contributed by atoms with E-state index in [4.69, 9.17) is 23.8 Å². The summed E-state index contributed by atoms with van der Waals surface area (Å²) in [4.78, 5) is 80.7. The number of hydrogen-bond donors (Lipinski definition) is 2. The first-order chi connectivity index (χ1) is 32.5. The smallest absolute Gasteiger partial charge is 0.327 e. The number of aliphatic hydroxyl groups excluding tert-OH is 1. The van der Waals surface area contributed by atoms with E-state index < -0.39 is 89.7 Å². The van der Waals surface area contributed by atoms with Crippen molar-refractivity contribution >= 4 is 35.7 Å². The SMILES string of the molecule is CN(C)C(=O)C=Cc1ccccc1CN1O[C@@H]2[C@H]3OC(c4ccccc4)(c4ccccc4)O[C@H]3[C@H]3C[C@]2(C(=O)N(C)[C@H](Cc2ccccc2)C(=O)N[C@H](CO)CCC(=O)OC(C)(C)C)[C@@H]1C(=O)O3. The van der Waals surface area contributed by atoms with Gasteiger partial charge in [0.05, 0.1) is 19.2 Å². The van der Waals surface area contributed by atoms with Crippen LogP contribution in [0.3, 0.4) is 0 Å². The number of nitrogens with one attached hydrogen (secondary N) is 1. The summed E-state index contributed by atoms with van der Waals surface area (Å²) in [5.74, 6) is -4.01. The molecule has 0 radical (unpaired) electrons. The number of amides is 3. The zero-order valence-electron chi connectivity index (χ0n) is 39.3. The number of likely N-dealkylation sites (N-methyl/N-ethyl adjacent to an activating group) is 2. The Morgan fingerprint density at radius 1 is 0.868 bits per heavy atom. The summed E-state index contributed by atoms with van der Waals surface area (Å²) in [5, 5.41) is 14.8. The van der Waals surface area contributed by atoms with E-state index in [0.717, 1.165) is 5.56 Å². The van der Waals surface area contributed by atoms with Gasteiger partial charge in [-0.1, -0.05) is 115 Å². The predicted molar refractivity (Wildman–Crippen MR) is 250 cm³/mol. The van der Waals surface area contributed by atoms with Gasteiger partial charge in [-0.3, -0.25) is 28.8 Å². The summed E-state index contributed by atoms with van der Waals surface area (Å²) >= 11 is 0. The summed E-state index contributed by atoms with van der Waals surface area (Å²) < 4.78 is 26.0. The molecule has 4 fully saturated rings. The highest BCUT2D eigenvalue weighted by Gasteiger charge is 2.77. The summed E-state index contributed by atoms with van der Waals surface area (Å²) in [7, 11) is 4.85. The standard InChI is InChI=1S/C53H60N4O11/c1-51(2,3)65-43(60)29-27-39(33-58)54-48(61)40(30-34-18-10-7-11-19-34)56(6)50(63)52-31-41-44-45(67-53(66-44,37-22-12-8-13-23-37)38-24-14-9-15-25-38)47(52)68-57(46(52)49(62)64-41)32-36-21-17-16-20-35(36)26-28-42(59)55(4)5/h7-26,28,39-41,44-47,58H,27,29-33H2,1-6H3,(H,54,61)/t39-,40+,41+,44-,45-,46-,47+,52-/m0/s1. The molecule has 1 aliphatic carbocycles. The van der Waals surface area contributed by atoms with E-state index in [1.54, 1.807) is 40.9 Å². The highest BCUT2D eigenvalue weighted by molar-refractivity contribution is 5.96. The number of carbonyl (C=O) groups is 5. The number of carbonyl (C=O) groups excluding carboxylic acids is 5. The molecule has 2 N–H and O–H groups in total. The molecule has 4 aromatic carbocycles. The topological polar surface area (TPSA) is 173 Å². The number of esters is 2. The zero-order valence-corrected chi connectivity index (χ0v) is 39.3. The molecule has 1 saturated carbocycles. The fraction of sp³-hybridized carbons (Fsp3) is 0.415. The Kier molecular flexibility index (Phi) is 14.0. The Morgan fingerprint density at radius 3 is 2.09 bits per heavy atom. The quantitative estimate of drug-likeness (QED) is 0.115. The van der Waals surface area contributed by atoms with Crippen LogP contribution < -0.4 is 5.32 Å². The third kappa shape index (κ3) is 9.58. The Bertz CT molecular complexity index is 2460. The van der Waals surface area contributed by atoms with Gasteiger partial charge in [-0.2, -0.15) is 5.06 Å². The third-order valence-corrected chi connectivity index (χ3v) is 13.1. The van der Waals surface area contributed by atoms with Gasteiger partial charge in [-0.15, -0.1) is 0 Å². The van der Waals surface area contributed by atoms with Crippen molar-refractivity contribution in [2.75, 3.05) is 27.7 Å². The maximum absolute atomic E-state index is 16.0. The van der Waals surface area contributed by atoms with Crippen LogP contribution in [0.15, 0.2) is 121 Å². The molecule has 4 aromatic rings. The van der Waals surface area contributed by atoms with Crippen LogP contribution in [0, 0.1) is 5.41 Å². The second-order valence-corrected chi connectivity index (χ2v) is 19.1. The summed E-state index contributed by atoms with van der Waals surface area (Å²) in [6.07, 6.45) is -0.732. The molecule has 68 heavy (non-hydrogen) atoms. The van der Waals surface area contributed by atoms with Crippen molar-refractivity contribution in [2.24, 2.45) is 5.41 Å². The van der Waals surface area contributed by atoms with Gasteiger partial charge in [0.15, 0.2) is 6.04 Å². The zero-order chi connectivity index (χ0) is 48.4. The monoisotopic (exact) mass is 928 g/mol. The molecular weight excluding hydrogens is 869 g/mol. The maximum atomic E-state index is 16.0. The van der Waals surface area contributed by atoms with Gasteiger partial charge in [-0.05, 0) is 50.0 Å². The van der Waals surface area contributed by atoms with Gasteiger partial charge >= 0.3 is 11.9 Å². The molecule has 2 bridgehead atoms. The van der Waals surface area contributed by atoms with Crippen LogP contribution in [0.4, 0.5) is 0 Å². The second kappa shape index (κ2) is 19.8. The van der Waals surface area contributed by atoms with Gasteiger partial charge < -0.3 is 39.2 Å². The predicted octanol–water partition coefficient (Wildman–Crippen LogP) is 4.94. The molecule has 0 aromatic heterocycles. The number of hydrogen-bond acceptors (Lipinski definition) is 12. The first kappa shape index (κ1) is 48.2. The average Bonchev–Trinajstić information content (AvgIpc) is 3.91. The fourth-order valence-corrected chi connectivity index (χ4v) is 9.89. The molecule has 0 unspecified atom stereocenters. The maximum Gasteiger partial charge on any atom is 0.327 e. The Balaban J connectivity index is 1.19. The van der Waals surface area contributed by atoms with E-state index in [9.17, 15) is 24.3 Å². The number of ether oxygens (including phenoxy) is 4. The van der Waals surface area contributed by atoms with Crippen molar-refractivity contribution in [1.29, 1.82) is 0 Å². The van der Waals surface area contributed by atoms with E-state index in [2.05, 4.69) is 5.32 Å². The first-order valence-electron chi connectivity index (χ1n) is 23.1. The van der Waals surface area contributed by atoms with Crippen molar-refractivity contribution < 1.29 is 52.9 Å². The summed E-state index contributed by atoms with van der Waals surface area (Å²) in [6.45, 7) is 4.81. The largest absolute Gasteiger partial charge is 0.460 e. The minimum absolute atomic E-state index is 0.000854. The van der Waals surface area contributed by atoms with Crippen LogP contribution in [0.5, 0.6) is 0 Å². The highest BCUT2D eigenvalue weighted by Crippen LogP contribution is 2.60. The lowest BCUT2D eigenvalue weighted by atomic mass is 9.62. The van der Waals surface area contributed by atoms with Gasteiger partial charge in [-0.25, -0.2) is 0 Å². The van der Waals surface area contributed by atoms with E-state index in [1.165, 1.54) is 28.0 Å². The number of hydroxylamine groups is 2. The van der Waals surface area contributed by atoms with Gasteiger partial charge in [0.1, 0.15) is 41.5 Å². The van der Waals surface area contributed by atoms with E-state index in [-0.39, 0.29) is 38.1 Å². The summed E-state index contributed by atoms with van der Waals surface area (Å²) in [5.41, 5.74) is 1.11. The molecule has 0 spiro atoms. The number of fused-ring (bicyclic) bond motifs is 4. The summed E-state index contributed by atoms with van der Waals surface area (Å²) in [6, 6.07) is 32.2. The first-order valence-corrected chi connectivity index (χ1v) is 23.1. The van der Waals surface area contributed by atoms with E-state index in [1.807, 2.05) is 115 Å². The Labute approximate surface area is 396 Å². The van der Waals surface area contributed by atoms with E-state index in [0.29, 0.717) is 22.3 Å². The van der Waals surface area contributed by atoms with Crippen LogP contribution in [-0.2, 0) is 66.5 Å². The lowest BCUT2D eigenvalue weighted by molar-refractivity contribution is -0.214. The van der Waals surface area contributed by atoms with Crippen LogP contribution in [0.2, 0.25) is 0 Å². The van der Waals surface area contributed by atoms with Gasteiger partial charge in [0.2, 0.25) is 23.5 Å². The molecule has 3 aliphatic heterocycles. The second-order valence-electron chi connectivity index (χ2n) is 19.1. The molecule has 15 heteroatoms. The van der Waals surface area contributed by atoms with Crippen LogP contribution in [0.1, 0.15) is 67.9 Å². The molecule has 358 valence electrons. The Morgan fingerprint density at radius 2 is 1.47 bits per heavy atom. The van der Waals surface area contributed by atoms with Gasteiger partial charge in [0, 0.05) is 57.6 Å². The van der Waals surface area contributed by atoms with Crippen LogP contribution in [-0.4, -0.2) is 126 Å². The van der Waals surface area contributed by atoms with E-state index >= 15 is 4.79 Å². The number of rotatable bonds is 16. The number of aliphatic hydroxyl groups is 1. The van der Waals surface area contributed by atoms with Crippen molar-refractivity contribution in [3.63, 3.8) is 0 Å². The number of nitrogens with zero attached hydrogens (tertiary/aromatic N) is 3. The molecule has 15 nitrogen and oxygen atoms in total. The van der Waals surface area contributed by atoms with Crippen molar-refractivity contribution in [2.45, 2.75) is 107 Å². The lowest BCUT2D eigenvalue weighted by Gasteiger charge is -2.50. The molecule has 8 atom stereocenters. The molecule has 8 rings (SSSR count). The van der Waals surface area contributed by atoms with Crippen molar-refractivity contribution in [1.82, 2.24) is 20.2 Å². The fourth-order valence-electron chi connectivity index (χ4n) is 9.89. The van der Waals surface area contributed by atoms with Crippen LogP contribution in [0.25, 0.3) is 6.08 Å². The molecular formula is C53H60N4O11. The molecule has 3 heterocycles. The molecule has 4 aliphatic rings. The average molecular weight is 929 g/mol. The normalized spacial score (nSPS) is 24.6.